The number of carbonyl (C=O) groups excluding carboxylic acids is 1. The molecule has 0 saturated heterocycles. The fraction of sp³-hybridized carbons (Fsp3) is 0.364. The summed E-state index contributed by atoms with van der Waals surface area (Å²) in [5, 5.41) is 2.93. The molecule has 0 aliphatic rings. The number of nitrogens with one attached hydrogen (secondary N) is 1. The zero-order valence-corrected chi connectivity index (χ0v) is 8.88. The monoisotopic (exact) mass is 210 g/mol. The van der Waals surface area contributed by atoms with E-state index < -0.39 is 5.91 Å². The second-order valence-corrected chi connectivity index (χ2v) is 3.52. The SMILES string of the molecule is CNC(CC(N)=O)c1ccc(C)c(F)c1. The summed E-state index contributed by atoms with van der Waals surface area (Å²) >= 11 is 0. The molecule has 82 valence electrons. The smallest absolute Gasteiger partial charge is 0.219 e. The van der Waals surface area contributed by atoms with E-state index in [1.54, 1.807) is 26.1 Å². The molecule has 1 atom stereocenters. The van der Waals surface area contributed by atoms with Gasteiger partial charge in [-0.2, -0.15) is 0 Å². The van der Waals surface area contributed by atoms with Crippen molar-refractivity contribution in [2.24, 2.45) is 5.73 Å². The first-order valence-corrected chi connectivity index (χ1v) is 4.76. The van der Waals surface area contributed by atoms with E-state index in [9.17, 15) is 9.18 Å². The molecule has 0 bridgehead atoms. The summed E-state index contributed by atoms with van der Waals surface area (Å²) in [6.07, 6.45) is 0.166. The molecule has 0 fully saturated rings. The molecule has 1 aromatic carbocycles. The van der Waals surface area contributed by atoms with E-state index in [4.69, 9.17) is 5.73 Å². The molecule has 0 spiro atoms. The maximum atomic E-state index is 13.3. The highest BCUT2D eigenvalue weighted by Gasteiger charge is 2.13. The van der Waals surface area contributed by atoms with Crippen molar-refractivity contribution in [2.75, 3.05) is 7.05 Å². The largest absolute Gasteiger partial charge is 0.370 e. The lowest BCUT2D eigenvalue weighted by molar-refractivity contribution is -0.118. The Hall–Kier alpha value is -1.42. The van der Waals surface area contributed by atoms with Gasteiger partial charge in [0.2, 0.25) is 5.91 Å². The van der Waals surface area contributed by atoms with Crippen molar-refractivity contribution in [3.8, 4) is 0 Å². The lowest BCUT2D eigenvalue weighted by Crippen LogP contribution is -2.23. The van der Waals surface area contributed by atoms with Crippen molar-refractivity contribution < 1.29 is 9.18 Å². The van der Waals surface area contributed by atoms with E-state index in [0.29, 0.717) is 5.56 Å². The van der Waals surface area contributed by atoms with Crippen molar-refractivity contribution in [2.45, 2.75) is 19.4 Å². The quantitative estimate of drug-likeness (QED) is 0.786. The summed E-state index contributed by atoms with van der Waals surface area (Å²) in [5.74, 6) is -0.674. The predicted molar refractivity (Wildman–Crippen MR) is 56.7 cm³/mol. The molecule has 3 nitrogen and oxygen atoms in total. The first kappa shape index (κ1) is 11.7. The van der Waals surface area contributed by atoms with Crippen molar-refractivity contribution >= 4 is 5.91 Å². The van der Waals surface area contributed by atoms with Crippen molar-refractivity contribution in [3.05, 3.63) is 35.1 Å². The molecule has 1 aromatic rings. The maximum Gasteiger partial charge on any atom is 0.219 e. The molecule has 0 heterocycles. The molecule has 3 N–H and O–H groups in total. The average molecular weight is 210 g/mol. The molecule has 0 aliphatic carbocycles. The molecular formula is C11H15FN2O. The second kappa shape index (κ2) is 4.89. The van der Waals surface area contributed by atoms with E-state index in [2.05, 4.69) is 5.32 Å². The molecule has 0 aliphatic heterocycles. The normalized spacial score (nSPS) is 12.5. The first-order chi connectivity index (χ1) is 7.04. The van der Waals surface area contributed by atoms with Crippen molar-refractivity contribution in [1.82, 2.24) is 5.32 Å². The van der Waals surface area contributed by atoms with Crippen LogP contribution in [0.25, 0.3) is 0 Å². The molecule has 1 unspecified atom stereocenters. The van der Waals surface area contributed by atoms with Crippen LogP contribution in [0.5, 0.6) is 0 Å². The minimum atomic E-state index is -0.407. The number of rotatable bonds is 4. The van der Waals surface area contributed by atoms with Crippen LogP contribution >= 0.6 is 0 Å². The van der Waals surface area contributed by atoms with Gasteiger partial charge < -0.3 is 11.1 Å². The molecule has 0 radical (unpaired) electrons. The van der Waals surface area contributed by atoms with Gasteiger partial charge in [-0.25, -0.2) is 4.39 Å². The predicted octanol–water partition coefficient (Wildman–Crippen LogP) is 1.27. The minimum absolute atomic E-state index is 0.166. The van der Waals surface area contributed by atoms with Gasteiger partial charge in [-0.3, -0.25) is 4.79 Å². The van der Waals surface area contributed by atoms with Crippen molar-refractivity contribution in [3.63, 3.8) is 0 Å². The van der Waals surface area contributed by atoms with Crippen molar-refractivity contribution in [1.29, 1.82) is 0 Å². The number of nitrogens with two attached hydrogens (primary N) is 1. The third kappa shape index (κ3) is 3.02. The van der Waals surface area contributed by atoms with Crippen LogP contribution < -0.4 is 11.1 Å². The maximum absolute atomic E-state index is 13.3. The van der Waals surface area contributed by atoms with Gasteiger partial charge in [0.05, 0.1) is 0 Å². The van der Waals surface area contributed by atoms with E-state index in [-0.39, 0.29) is 18.3 Å². The number of amides is 1. The lowest BCUT2D eigenvalue weighted by Gasteiger charge is -2.15. The number of primary amides is 1. The third-order valence-electron chi connectivity index (χ3n) is 2.35. The second-order valence-electron chi connectivity index (χ2n) is 3.52. The van der Waals surface area contributed by atoms with Crippen LogP contribution in [0.4, 0.5) is 4.39 Å². The Kier molecular flexibility index (Phi) is 3.80. The van der Waals surface area contributed by atoms with Gasteiger partial charge in [0, 0.05) is 12.5 Å². The number of hydrogen-bond donors (Lipinski definition) is 2. The third-order valence-corrected chi connectivity index (χ3v) is 2.35. The average Bonchev–Trinajstić information content (AvgIpc) is 2.18. The summed E-state index contributed by atoms with van der Waals surface area (Å²) in [4.78, 5) is 10.8. The first-order valence-electron chi connectivity index (χ1n) is 4.76. The van der Waals surface area contributed by atoms with Crippen LogP contribution in [-0.2, 0) is 4.79 Å². The lowest BCUT2D eigenvalue weighted by atomic mass is 10.0. The Morgan fingerprint density at radius 1 is 1.60 bits per heavy atom. The van der Waals surface area contributed by atoms with Gasteiger partial charge in [0.25, 0.3) is 0 Å². The number of aryl methyl sites for hydroxylation is 1. The minimum Gasteiger partial charge on any atom is -0.370 e. The van der Waals surface area contributed by atoms with Crippen LogP contribution in [0.1, 0.15) is 23.6 Å². The molecule has 1 amide bonds. The Bertz CT molecular complexity index is 366. The summed E-state index contributed by atoms with van der Waals surface area (Å²) in [6.45, 7) is 1.70. The van der Waals surface area contributed by atoms with Crippen LogP contribution in [-0.4, -0.2) is 13.0 Å². The zero-order valence-electron chi connectivity index (χ0n) is 8.88. The standard InChI is InChI=1S/C11H15FN2O/c1-7-3-4-8(5-9(7)12)10(14-2)6-11(13)15/h3-5,10,14H,6H2,1-2H3,(H2,13,15). The van der Waals surface area contributed by atoms with E-state index >= 15 is 0 Å². The van der Waals surface area contributed by atoms with Gasteiger partial charge >= 0.3 is 0 Å². The number of hydrogen-bond acceptors (Lipinski definition) is 2. The van der Waals surface area contributed by atoms with E-state index in [1.165, 1.54) is 6.07 Å². The van der Waals surface area contributed by atoms with Gasteiger partial charge in [0.1, 0.15) is 5.82 Å². The fourth-order valence-electron chi connectivity index (χ4n) is 1.41. The van der Waals surface area contributed by atoms with E-state index in [1.807, 2.05) is 0 Å². The highest BCUT2D eigenvalue weighted by molar-refractivity contribution is 5.74. The number of carbonyl (C=O) groups is 1. The fourth-order valence-corrected chi connectivity index (χ4v) is 1.41. The van der Waals surface area contributed by atoms with Crippen LogP contribution in [0, 0.1) is 12.7 Å². The van der Waals surface area contributed by atoms with Crippen LogP contribution in [0.3, 0.4) is 0 Å². The molecule has 0 saturated carbocycles. The molecule has 4 heteroatoms. The zero-order chi connectivity index (χ0) is 11.4. The Morgan fingerprint density at radius 3 is 2.73 bits per heavy atom. The van der Waals surface area contributed by atoms with Gasteiger partial charge in [-0.15, -0.1) is 0 Å². The van der Waals surface area contributed by atoms with Gasteiger partial charge in [-0.1, -0.05) is 12.1 Å². The summed E-state index contributed by atoms with van der Waals surface area (Å²) in [6, 6.07) is 4.69. The Balaban J connectivity index is 2.92. The van der Waals surface area contributed by atoms with E-state index in [0.717, 1.165) is 5.56 Å². The molecule has 15 heavy (non-hydrogen) atoms. The summed E-state index contributed by atoms with van der Waals surface area (Å²) < 4.78 is 13.3. The number of halogens is 1. The van der Waals surface area contributed by atoms with Crippen LogP contribution in [0.15, 0.2) is 18.2 Å². The number of benzene rings is 1. The van der Waals surface area contributed by atoms with Gasteiger partial charge in [-0.05, 0) is 31.2 Å². The van der Waals surface area contributed by atoms with Crippen LogP contribution in [0.2, 0.25) is 0 Å². The Morgan fingerprint density at radius 2 is 2.27 bits per heavy atom. The molecular weight excluding hydrogens is 195 g/mol. The molecule has 0 aromatic heterocycles. The summed E-state index contributed by atoms with van der Waals surface area (Å²) in [7, 11) is 1.71. The molecule has 1 rings (SSSR count). The highest BCUT2D eigenvalue weighted by atomic mass is 19.1. The Labute approximate surface area is 88.5 Å². The highest BCUT2D eigenvalue weighted by Crippen LogP contribution is 2.18. The van der Waals surface area contributed by atoms with Gasteiger partial charge in [0.15, 0.2) is 0 Å². The topological polar surface area (TPSA) is 55.1 Å². The summed E-state index contributed by atoms with van der Waals surface area (Å²) in [5.41, 5.74) is 6.43.